The van der Waals surface area contributed by atoms with E-state index >= 15 is 0 Å². The van der Waals surface area contributed by atoms with Crippen LogP contribution in [-0.2, 0) is 22.7 Å². The molecule has 1 N–H and O–H groups in total. The zero-order chi connectivity index (χ0) is 27.9. The van der Waals surface area contributed by atoms with E-state index in [2.05, 4.69) is 27.2 Å². The second-order valence-electron chi connectivity index (χ2n) is 11.0. The number of amides is 2. The van der Waals surface area contributed by atoms with Gasteiger partial charge in [-0.05, 0) is 44.7 Å². The van der Waals surface area contributed by atoms with Gasteiger partial charge < -0.3 is 29.4 Å². The number of aryl methyl sites for hydroxylation is 1. The molecule has 214 valence electrons. The van der Waals surface area contributed by atoms with Gasteiger partial charge in [0.1, 0.15) is 5.69 Å². The van der Waals surface area contributed by atoms with E-state index in [0.717, 1.165) is 31.9 Å². The van der Waals surface area contributed by atoms with Crippen LogP contribution in [0.5, 0.6) is 0 Å². The average molecular weight is 542 g/mol. The molecule has 3 atom stereocenters. The number of hydrogen-bond acceptors (Lipinski definition) is 8. The van der Waals surface area contributed by atoms with Gasteiger partial charge in [-0.25, -0.2) is 0 Å². The molecule has 11 nitrogen and oxygen atoms in total. The summed E-state index contributed by atoms with van der Waals surface area (Å²) in [6, 6.07) is 7.52. The Morgan fingerprint density at radius 2 is 1.90 bits per heavy atom. The quantitative estimate of drug-likeness (QED) is 0.584. The maximum absolute atomic E-state index is 13.4. The van der Waals surface area contributed by atoms with E-state index in [0.29, 0.717) is 43.7 Å². The highest BCUT2D eigenvalue weighted by molar-refractivity contribution is 5.94. The fourth-order valence-electron chi connectivity index (χ4n) is 5.15. The van der Waals surface area contributed by atoms with Crippen LogP contribution in [0.25, 0.3) is 0 Å². The molecule has 2 amide bonds. The van der Waals surface area contributed by atoms with Crippen molar-refractivity contribution in [3.8, 4) is 0 Å². The van der Waals surface area contributed by atoms with Gasteiger partial charge in [0.15, 0.2) is 0 Å². The number of aliphatic hydroxyl groups excluding tert-OH is 1. The topological polar surface area (TPSA) is 107 Å². The van der Waals surface area contributed by atoms with Crippen LogP contribution >= 0.6 is 0 Å². The lowest BCUT2D eigenvalue weighted by Crippen LogP contribution is -2.47. The van der Waals surface area contributed by atoms with Crippen molar-refractivity contribution in [3.63, 3.8) is 0 Å². The average Bonchev–Trinajstić information content (AvgIpc) is 3.40. The van der Waals surface area contributed by atoms with Gasteiger partial charge >= 0.3 is 0 Å². The van der Waals surface area contributed by atoms with Gasteiger partial charge in [0.25, 0.3) is 5.91 Å². The summed E-state index contributed by atoms with van der Waals surface area (Å²) in [5.41, 5.74) is 2.47. The second-order valence-corrected chi connectivity index (χ2v) is 11.0. The summed E-state index contributed by atoms with van der Waals surface area (Å²) in [7, 11) is 3.92. The first-order valence-electron chi connectivity index (χ1n) is 13.9. The Hall–Kier alpha value is -3.02. The van der Waals surface area contributed by atoms with Gasteiger partial charge in [-0.3, -0.25) is 14.3 Å². The van der Waals surface area contributed by atoms with Gasteiger partial charge in [0.05, 0.1) is 31.6 Å². The molecule has 0 aliphatic carbocycles. The lowest BCUT2D eigenvalue weighted by Gasteiger charge is -2.35. The van der Waals surface area contributed by atoms with E-state index in [9.17, 15) is 14.7 Å². The maximum atomic E-state index is 13.4. The lowest BCUT2D eigenvalue weighted by atomic mass is 10.0. The first-order chi connectivity index (χ1) is 18.7. The number of aliphatic hydroxyl groups is 1. The van der Waals surface area contributed by atoms with Crippen LogP contribution in [0, 0.1) is 5.92 Å². The van der Waals surface area contributed by atoms with Crippen molar-refractivity contribution in [1.82, 2.24) is 29.7 Å². The predicted octanol–water partition coefficient (Wildman–Crippen LogP) is 1.33. The largest absolute Gasteiger partial charge is 0.394 e. The number of carbonyl (C=O) groups is 2. The highest BCUT2D eigenvalue weighted by Gasteiger charge is 2.29. The third kappa shape index (κ3) is 7.55. The van der Waals surface area contributed by atoms with Crippen LogP contribution in [-0.4, -0.2) is 119 Å². The zero-order valence-corrected chi connectivity index (χ0v) is 23.7. The molecule has 2 aliphatic heterocycles. The number of fused-ring (bicyclic) bond motifs is 2. The summed E-state index contributed by atoms with van der Waals surface area (Å²) in [6.45, 7) is 9.40. The minimum Gasteiger partial charge on any atom is -0.394 e. The summed E-state index contributed by atoms with van der Waals surface area (Å²) in [5, 5.41) is 18.2. The third-order valence-electron chi connectivity index (χ3n) is 7.83. The first-order valence-corrected chi connectivity index (χ1v) is 13.9. The Morgan fingerprint density at radius 3 is 2.59 bits per heavy atom. The Bertz CT molecular complexity index is 1080. The predicted molar refractivity (Wildman–Crippen MR) is 148 cm³/mol. The molecule has 0 saturated carbocycles. The molecule has 0 radical (unpaired) electrons. The van der Waals surface area contributed by atoms with E-state index in [4.69, 9.17) is 4.74 Å². The molecular formula is C28H43N7O4. The number of rotatable bonds is 6. The molecular weight excluding hydrogens is 498 g/mol. The smallest absolute Gasteiger partial charge is 0.253 e. The highest BCUT2D eigenvalue weighted by atomic mass is 16.5. The number of likely N-dealkylation sites (N-methyl/N-ethyl adjacent to an activating group) is 2. The van der Waals surface area contributed by atoms with Crippen molar-refractivity contribution >= 4 is 17.5 Å². The minimum atomic E-state index is -0.351. The Kier molecular flexibility index (Phi) is 9.93. The number of aromatic nitrogens is 3. The number of hydrogen-bond donors (Lipinski definition) is 1. The second kappa shape index (κ2) is 13.4. The standard InChI is InChI=1S/C28H43N7O4/c1-21-16-35(22(2)19-36)27(37)6-5-11-34-17-24(29-30-34)20-39-26(21)18-32(4)28(38)23-7-9-25(10-8-23)33-14-12-31(3)13-15-33/h7-10,17,21-22,26,36H,5-6,11-16,18-20H2,1-4H3/t21-,22+,26+/m0/s1. The molecule has 1 aromatic heterocycles. The molecule has 2 bridgehead atoms. The molecule has 2 aliphatic rings. The molecule has 4 rings (SSSR count). The summed E-state index contributed by atoms with van der Waals surface area (Å²) in [6.07, 6.45) is 2.49. The van der Waals surface area contributed by atoms with Gasteiger partial charge in [-0.15, -0.1) is 5.10 Å². The number of ether oxygens (including phenoxy) is 1. The van der Waals surface area contributed by atoms with Crippen LogP contribution in [0.3, 0.4) is 0 Å². The molecule has 0 unspecified atom stereocenters. The Balaban J connectivity index is 1.46. The van der Waals surface area contributed by atoms with Crippen molar-refractivity contribution in [2.75, 3.05) is 64.9 Å². The van der Waals surface area contributed by atoms with Crippen LogP contribution < -0.4 is 4.90 Å². The van der Waals surface area contributed by atoms with Crippen molar-refractivity contribution < 1.29 is 19.4 Å². The summed E-state index contributed by atoms with van der Waals surface area (Å²) in [4.78, 5) is 34.5. The van der Waals surface area contributed by atoms with Crippen LogP contribution in [0.15, 0.2) is 30.5 Å². The normalized spacial score (nSPS) is 22.5. The number of nitrogens with zero attached hydrogens (tertiary/aromatic N) is 7. The van der Waals surface area contributed by atoms with E-state index in [1.165, 1.54) is 0 Å². The summed E-state index contributed by atoms with van der Waals surface area (Å²) < 4.78 is 8.03. The fraction of sp³-hybridized carbons (Fsp3) is 0.643. The van der Waals surface area contributed by atoms with Crippen LogP contribution in [0.4, 0.5) is 5.69 Å². The zero-order valence-electron chi connectivity index (χ0n) is 23.7. The van der Waals surface area contributed by atoms with Crippen LogP contribution in [0.1, 0.15) is 42.7 Å². The molecule has 1 fully saturated rings. The van der Waals surface area contributed by atoms with E-state index in [-0.39, 0.29) is 43.1 Å². The summed E-state index contributed by atoms with van der Waals surface area (Å²) in [5.74, 6) is -0.179. The molecule has 2 aromatic rings. The number of anilines is 1. The molecule has 3 heterocycles. The van der Waals surface area contributed by atoms with Crippen molar-refractivity contribution in [1.29, 1.82) is 0 Å². The lowest BCUT2D eigenvalue weighted by molar-refractivity contribution is -0.136. The van der Waals surface area contributed by atoms with Crippen LogP contribution in [0.2, 0.25) is 0 Å². The molecule has 1 saturated heterocycles. The number of benzene rings is 1. The summed E-state index contributed by atoms with van der Waals surface area (Å²) >= 11 is 0. The van der Waals surface area contributed by atoms with E-state index < -0.39 is 0 Å². The monoisotopic (exact) mass is 541 g/mol. The molecule has 11 heteroatoms. The molecule has 0 spiro atoms. The van der Waals surface area contributed by atoms with E-state index in [1.54, 1.807) is 21.5 Å². The SMILES string of the molecule is C[C@H](CO)N1C[C@H](C)[C@@H](CN(C)C(=O)c2ccc(N3CCN(C)CC3)cc2)OCc2cn(nn2)CCCC1=O. The first kappa shape index (κ1) is 29.0. The van der Waals surface area contributed by atoms with Gasteiger partial charge in [0.2, 0.25) is 5.91 Å². The van der Waals surface area contributed by atoms with E-state index in [1.807, 2.05) is 44.3 Å². The third-order valence-corrected chi connectivity index (χ3v) is 7.83. The van der Waals surface area contributed by atoms with Crippen molar-refractivity contribution in [3.05, 3.63) is 41.7 Å². The maximum Gasteiger partial charge on any atom is 0.253 e. The Morgan fingerprint density at radius 1 is 1.18 bits per heavy atom. The van der Waals surface area contributed by atoms with Crippen molar-refractivity contribution in [2.45, 2.75) is 52.0 Å². The van der Waals surface area contributed by atoms with Gasteiger partial charge in [-0.2, -0.15) is 0 Å². The number of piperazine rings is 1. The van der Waals surface area contributed by atoms with Gasteiger partial charge in [-0.1, -0.05) is 12.1 Å². The minimum absolute atomic E-state index is 0.00777. The number of carbonyl (C=O) groups excluding carboxylic acids is 2. The van der Waals surface area contributed by atoms with Gasteiger partial charge in [0, 0.05) is 76.5 Å². The van der Waals surface area contributed by atoms with Crippen molar-refractivity contribution in [2.24, 2.45) is 5.92 Å². The fourth-order valence-corrected chi connectivity index (χ4v) is 5.15. The molecule has 39 heavy (non-hydrogen) atoms. The Labute approximate surface area is 231 Å². The highest BCUT2D eigenvalue weighted by Crippen LogP contribution is 2.20. The molecule has 1 aromatic carbocycles.